The highest BCUT2D eigenvalue weighted by molar-refractivity contribution is 5.99. The van der Waals surface area contributed by atoms with Crippen molar-refractivity contribution < 1.29 is 23.1 Å². The molecule has 7 heteroatoms. The highest BCUT2D eigenvalue weighted by atomic mass is 16.5. The number of nitrogens with zero attached hydrogens (tertiary/aromatic N) is 1. The maximum Gasteiger partial charge on any atom is 0.291 e. The monoisotopic (exact) mass is 431 g/mol. The zero-order valence-corrected chi connectivity index (χ0v) is 17.9. The lowest BCUT2D eigenvalue weighted by Gasteiger charge is -2.25. The van der Waals surface area contributed by atoms with Gasteiger partial charge in [0.25, 0.3) is 5.91 Å². The van der Waals surface area contributed by atoms with Crippen molar-refractivity contribution >= 4 is 16.9 Å². The van der Waals surface area contributed by atoms with Crippen molar-refractivity contribution in [3.63, 3.8) is 0 Å². The first-order valence-electron chi connectivity index (χ1n) is 10.1. The highest BCUT2D eigenvalue weighted by Gasteiger charge is 2.43. The second kappa shape index (κ2) is 7.60. The Kier molecular flexibility index (Phi) is 4.74. The molecule has 1 atom stereocenters. The molecule has 1 amide bonds. The van der Waals surface area contributed by atoms with Gasteiger partial charge in [-0.1, -0.05) is 17.7 Å². The van der Waals surface area contributed by atoms with Crippen LogP contribution in [-0.4, -0.2) is 25.0 Å². The maximum absolute atomic E-state index is 13.6. The summed E-state index contributed by atoms with van der Waals surface area (Å²) in [4.78, 5) is 28.6. The van der Waals surface area contributed by atoms with Crippen LogP contribution < -0.4 is 14.9 Å². The second-order valence-corrected chi connectivity index (χ2v) is 7.70. The van der Waals surface area contributed by atoms with E-state index < -0.39 is 6.04 Å². The number of ether oxygens (including phenoxy) is 2. The molecule has 162 valence electrons. The molecule has 0 fully saturated rings. The minimum absolute atomic E-state index is 0.0534. The Hall–Kier alpha value is -4.00. The van der Waals surface area contributed by atoms with E-state index in [0.717, 1.165) is 5.56 Å². The van der Waals surface area contributed by atoms with Gasteiger partial charge in [0.1, 0.15) is 11.3 Å². The number of carbonyl (C=O) groups excluding carboxylic acids is 1. The number of carbonyl (C=O) groups is 1. The van der Waals surface area contributed by atoms with Crippen molar-refractivity contribution in [2.45, 2.75) is 19.5 Å². The third-order valence-electron chi connectivity index (χ3n) is 5.75. The molecule has 3 heterocycles. The lowest BCUT2D eigenvalue weighted by Crippen LogP contribution is -2.29. The molecule has 1 aliphatic rings. The normalized spacial score (nSPS) is 15.3. The lowest BCUT2D eigenvalue weighted by atomic mass is 9.97. The van der Waals surface area contributed by atoms with Gasteiger partial charge in [-0.3, -0.25) is 9.59 Å². The SMILES string of the molecule is COc1ccc([C@H]2c3c(oc4ccc(C)cc4c3=O)C(=O)N2Cc2ccco2)cc1OC. The first-order chi connectivity index (χ1) is 15.5. The third kappa shape index (κ3) is 3.05. The van der Waals surface area contributed by atoms with Crippen LogP contribution in [0.15, 0.2) is 68.4 Å². The molecule has 2 aromatic carbocycles. The van der Waals surface area contributed by atoms with Gasteiger partial charge >= 0.3 is 0 Å². The van der Waals surface area contributed by atoms with Gasteiger partial charge in [-0.05, 0) is 48.9 Å². The maximum atomic E-state index is 13.6. The summed E-state index contributed by atoms with van der Waals surface area (Å²) < 4.78 is 22.3. The Labute approximate surface area is 183 Å². The number of furan rings is 1. The van der Waals surface area contributed by atoms with E-state index in [4.69, 9.17) is 18.3 Å². The van der Waals surface area contributed by atoms with Gasteiger partial charge in [-0.25, -0.2) is 0 Å². The van der Waals surface area contributed by atoms with E-state index in [9.17, 15) is 9.59 Å². The van der Waals surface area contributed by atoms with E-state index >= 15 is 0 Å². The fraction of sp³-hybridized carbons (Fsp3) is 0.200. The molecule has 0 radical (unpaired) electrons. The van der Waals surface area contributed by atoms with Crippen LogP contribution in [-0.2, 0) is 6.54 Å². The van der Waals surface area contributed by atoms with Crippen LogP contribution >= 0.6 is 0 Å². The number of methoxy groups -OCH3 is 2. The predicted molar refractivity (Wildman–Crippen MR) is 117 cm³/mol. The minimum Gasteiger partial charge on any atom is -0.493 e. The molecule has 0 spiro atoms. The Balaban J connectivity index is 1.75. The zero-order chi connectivity index (χ0) is 22.4. The summed E-state index contributed by atoms with van der Waals surface area (Å²) in [6.45, 7) is 2.09. The van der Waals surface area contributed by atoms with Gasteiger partial charge in [-0.2, -0.15) is 0 Å². The largest absolute Gasteiger partial charge is 0.493 e. The summed E-state index contributed by atoms with van der Waals surface area (Å²) in [5, 5.41) is 0.446. The van der Waals surface area contributed by atoms with Gasteiger partial charge < -0.3 is 23.2 Å². The molecule has 0 saturated carbocycles. The van der Waals surface area contributed by atoms with Crippen molar-refractivity contribution in [2.24, 2.45) is 0 Å². The number of rotatable bonds is 5. The molecule has 0 saturated heterocycles. The average Bonchev–Trinajstić information content (AvgIpc) is 3.41. The van der Waals surface area contributed by atoms with Crippen LogP contribution in [0.3, 0.4) is 0 Å². The molecule has 5 rings (SSSR count). The molecule has 4 aromatic rings. The van der Waals surface area contributed by atoms with E-state index in [1.165, 1.54) is 0 Å². The predicted octanol–water partition coefficient (Wildman–Crippen LogP) is 4.46. The average molecular weight is 431 g/mol. The summed E-state index contributed by atoms with van der Waals surface area (Å²) >= 11 is 0. The van der Waals surface area contributed by atoms with E-state index in [1.54, 1.807) is 61.8 Å². The fourth-order valence-corrected chi connectivity index (χ4v) is 4.24. The van der Waals surface area contributed by atoms with Crippen LogP contribution in [0.1, 0.15) is 39.0 Å². The van der Waals surface area contributed by atoms with Crippen molar-refractivity contribution in [1.29, 1.82) is 0 Å². The smallest absolute Gasteiger partial charge is 0.291 e. The zero-order valence-electron chi connectivity index (χ0n) is 17.9. The minimum atomic E-state index is -0.663. The van der Waals surface area contributed by atoms with Crippen molar-refractivity contribution in [3.8, 4) is 11.5 Å². The number of hydrogen-bond donors (Lipinski definition) is 0. The highest BCUT2D eigenvalue weighted by Crippen LogP contribution is 2.41. The summed E-state index contributed by atoms with van der Waals surface area (Å²) in [7, 11) is 3.10. The van der Waals surface area contributed by atoms with Crippen LogP contribution in [0.4, 0.5) is 0 Å². The Morgan fingerprint density at radius 3 is 2.53 bits per heavy atom. The summed E-state index contributed by atoms with van der Waals surface area (Å²) in [5.74, 6) is 1.35. The van der Waals surface area contributed by atoms with Gasteiger partial charge in [0.05, 0.1) is 44.0 Å². The number of hydrogen-bond acceptors (Lipinski definition) is 6. The molecular weight excluding hydrogens is 410 g/mol. The molecular formula is C25H21NO6. The van der Waals surface area contributed by atoms with Crippen molar-refractivity contribution in [1.82, 2.24) is 4.90 Å². The molecule has 1 aliphatic heterocycles. The third-order valence-corrected chi connectivity index (χ3v) is 5.75. The first-order valence-corrected chi connectivity index (χ1v) is 10.1. The molecule has 0 aliphatic carbocycles. The fourth-order valence-electron chi connectivity index (χ4n) is 4.24. The van der Waals surface area contributed by atoms with Crippen molar-refractivity contribution in [3.05, 3.63) is 93.2 Å². The number of fused-ring (bicyclic) bond motifs is 2. The molecule has 0 bridgehead atoms. The van der Waals surface area contributed by atoms with Gasteiger partial charge in [0, 0.05) is 0 Å². The van der Waals surface area contributed by atoms with E-state index in [2.05, 4.69) is 0 Å². The van der Waals surface area contributed by atoms with E-state index in [-0.39, 0.29) is 23.6 Å². The first kappa shape index (κ1) is 19.9. The van der Waals surface area contributed by atoms with Crippen LogP contribution in [0.25, 0.3) is 11.0 Å². The standard InChI is InChI=1S/C25H21NO6/c1-14-6-8-18-17(11-14)23(27)21-22(15-7-9-19(29-2)20(12-15)30-3)26(25(28)24(21)32-18)13-16-5-4-10-31-16/h4-12,22H,13H2,1-3H3/t22-/m0/s1. The van der Waals surface area contributed by atoms with E-state index in [0.29, 0.717) is 39.4 Å². The van der Waals surface area contributed by atoms with Gasteiger partial charge in [0.15, 0.2) is 16.9 Å². The Morgan fingerprint density at radius 2 is 1.81 bits per heavy atom. The second-order valence-electron chi connectivity index (χ2n) is 7.70. The summed E-state index contributed by atoms with van der Waals surface area (Å²) in [6, 6.07) is 13.6. The topological polar surface area (TPSA) is 82.1 Å². The summed E-state index contributed by atoms with van der Waals surface area (Å²) in [6.07, 6.45) is 1.55. The number of aryl methyl sites for hydroxylation is 1. The van der Waals surface area contributed by atoms with Crippen LogP contribution in [0.5, 0.6) is 11.5 Å². The van der Waals surface area contributed by atoms with E-state index in [1.807, 2.05) is 19.1 Å². The van der Waals surface area contributed by atoms with Crippen LogP contribution in [0.2, 0.25) is 0 Å². The molecule has 7 nitrogen and oxygen atoms in total. The summed E-state index contributed by atoms with van der Waals surface area (Å²) in [5.41, 5.74) is 2.12. The van der Waals surface area contributed by atoms with Gasteiger partial charge in [-0.15, -0.1) is 0 Å². The molecule has 0 N–H and O–H groups in total. The molecule has 32 heavy (non-hydrogen) atoms. The molecule has 0 unspecified atom stereocenters. The Bertz CT molecular complexity index is 1390. The van der Waals surface area contributed by atoms with Gasteiger partial charge in [0.2, 0.25) is 5.76 Å². The number of benzene rings is 2. The quantitative estimate of drug-likeness (QED) is 0.464. The number of amides is 1. The lowest BCUT2D eigenvalue weighted by molar-refractivity contribution is 0.0701. The van der Waals surface area contributed by atoms with Crippen molar-refractivity contribution in [2.75, 3.05) is 14.2 Å². The molecule has 2 aromatic heterocycles. The Morgan fingerprint density at radius 1 is 1.00 bits per heavy atom. The van der Waals surface area contributed by atoms with Crippen LogP contribution in [0, 0.1) is 6.92 Å².